The van der Waals surface area contributed by atoms with Crippen molar-refractivity contribution >= 4 is 29.2 Å². The molecule has 0 fully saturated rings. The van der Waals surface area contributed by atoms with Crippen molar-refractivity contribution in [2.45, 2.75) is 25.9 Å². The number of ether oxygens (including phenoxy) is 2. The molecule has 2 aromatic rings. The standard InChI is InChI=1S/C18H18ClN3O5/c1-2-13(18-20-5-3-6-21-18)27-14-9-15-12(8-11(14)19)22(7-4-17(24)25)16(23)10-26-15/h3,5-6,8-9,13H,2,4,7,10H2,1H3,(H,24,25)/t13-/m0/s1. The molecule has 1 N–H and O–H groups in total. The van der Waals surface area contributed by atoms with Gasteiger partial charge in [0.15, 0.2) is 18.5 Å². The third kappa shape index (κ3) is 4.28. The van der Waals surface area contributed by atoms with Crippen LogP contribution in [0.2, 0.25) is 5.02 Å². The van der Waals surface area contributed by atoms with Crippen molar-refractivity contribution in [3.05, 3.63) is 41.4 Å². The van der Waals surface area contributed by atoms with Crippen molar-refractivity contribution in [1.82, 2.24) is 9.97 Å². The Morgan fingerprint density at radius 1 is 1.41 bits per heavy atom. The molecule has 0 saturated heterocycles. The number of nitrogens with zero attached hydrogens (tertiary/aromatic N) is 3. The number of carbonyl (C=O) groups excluding carboxylic acids is 1. The molecule has 3 rings (SSSR count). The van der Waals surface area contributed by atoms with Crippen LogP contribution in [-0.4, -0.2) is 40.1 Å². The number of carboxylic acid groups (broad SMARTS) is 1. The monoisotopic (exact) mass is 391 g/mol. The van der Waals surface area contributed by atoms with Crippen molar-refractivity contribution in [3.63, 3.8) is 0 Å². The highest BCUT2D eigenvalue weighted by molar-refractivity contribution is 6.32. The van der Waals surface area contributed by atoms with E-state index in [1.54, 1.807) is 30.6 Å². The zero-order chi connectivity index (χ0) is 19.4. The van der Waals surface area contributed by atoms with Crippen molar-refractivity contribution in [1.29, 1.82) is 0 Å². The number of aliphatic carboxylic acids is 1. The van der Waals surface area contributed by atoms with Crippen molar-refractivity contribution in [2.24, 2.45) is 0 Å². The Balaban J connectivity index is 1.87. The Hall–Kier alpha value is -2.87. The van der Waals surface area contributed by atoms with Crippen LogP contribution in [-0.2, 0) is 9.59 Å². The van der Waals surface area contributed by atoms with Crippen LogP contribution in [0.15, 0.2) is 30.6 Å². The predicted octanol–water partition coefficient (Wildman–Crippen LogP) is 2.86. The summed E-state index contributed by atoms with van der Waals surface area (Å²) in [6.45, 7) is 1.80. The molecule has 0 spiro atoms. The maximum Gasteiger partial charge on any atom is 0.305 e. The lowest BCUT2D eigenvalue weighted by Crippen LogP contribution is -2.40. The highest BCUT2D eigenvalue weighted by Crippen LogP contribution is 2.41. The largest absolute Gasteiger partial charge is 0.481 e. The third-order valence-corrected chi connectivity index (χ3v) is 4.31. The fourth-order valence-electron chi connectivity index (χ4n) is 2.69. The molecule has 1 atom stereocenters. The van der Waals surface area contributed by atoms with E-state index in [4.69, 9.17) is 26.2 Å². The number of halogens is 1. The highest BCUT2D eigenvalue weighted by atomic mass is 35.5. The first-order valence-electron chi connectivity index (χ1n) is 8.41. The third-order valence-electron chi connectivity index (χ3n) is 4.02. The molecule has 2 heterocycles. The molecular formula is C18H18ClN3O5. The summed E-state index contributed by atoms with van der Waals surface area (Å²) in [5.74, 6) is 0.00610. The quantitative estimate of drug-likeness (QED) is 0.774. The molecule has 0 unspecified atom stereocenters. The van der Waals surface area contributed by atoms with Crippen molar-refractivity contribution in [2.75, 3.05) is 18.1 Å². The van der Waals surface area contributed by atoms with E-state index < -0.39 is 12.1 Å². The molecule has 1 aromatic heterocycles. The first-order chi connectivity index (χ1) is 13.0. The van der Waals surface area contributed by atoms with Gasteiger partial charge in [0.05, 0.1) is 17.1 Å². The van der Waals surface area contributed by atoms with Crippen LogP contribution in [0.25, 0.3) is 0 Å². The van der Waals surface area contributed by atoms with Gasteiger partial charge in [-0.05, 0) is 18.6 Å². The zero-order valence-corrected chi connectivity index (χ0v) is 15.3. The number of carboxylic acids is 1. The van der Waals surface area contributed by atoms with E-state index in [2.05, 4.69) is 9.97 Å². The first kappa shape index (κ1) is 18.9. The summed E-state index contributed by atoms with van der Waals surface area (Å²) in [7, 11) is 0. The van der Waals surface area contributed by atoms with Crippen LogP contribution in [0, 0.1) is 0 Å². The van der Waals surface area contributed by atoms with E-state index in [1.807, 2.05) is 6.92 Å². The number of hydrogen-bond acceptors (Lipinski definition) is 6. The van der Waals surface area contributed by atoms with Crippen molar-refractivity contribution < 1.29 is 24.2 Å². The summed E-state index contributed by atoms with van der Waals surface area (Å²) < 4.78 is 11.5. The van der Waals surface area contributed by atoms with E-state index >= 15 is 0 Å². The fraction of sp³-hybridized carbons (Fsp3) is 0.333. The van der Waals surface area contributed by atoms with E-state index in [9.17, 15) is 9.59 Å². The number of aromatic nitrogens is 2. The molecule has 1 aromatic carbocycles. The van der Waals surface area contributed by atoms with E-state index in [1.165, 1.54) is 4.90 Å². The molecule has 27 heavy (non-hydrogen) atoms. The Kier molecular flexibility index (Phi) is 5.75. The van der Waals surface area contributed by atoms with Crippen LogP contribution >= 0.6 is 11.6 Å². The Labute approximate surface area is 160 Å². The number of amides is 1. The minimum atomic E-state index is -0.990. The van der Waals surface area contributed by atoms with Gasteiger partial charge in [-0.1, -0.05) is 18.5 Å². The van der Waals surface area contributed by atoms with Gasteiger partial charge in [0, 0.05) is 25.0 Å². The average molecular weight is 392 g/mol. The lowest BCUT2D eigenvalue weighted by Gasteiger charge is -2.30. The summed E-state index contributed by atoms with van der Waals surface area (Å²) in [5.41, 5.74) is 0.425. The van der Waals surface area contributed by atoms with Gasteiger partial charge in [-0.25, -0.2) is 9.97 Å². The van der Waals surface area contributed by atoms with Gasteiger partial charge in [0.25, 0.3) is 5.91 Å². The van der Waals surface area contributed by atoms with Gasteiger partial charge in [-0.2, -0.15) is 0 Å². The molecule has 1 aliphatic rings. The van der Waals surface area contributed by atoms with Gasteiger partial charge in [-0.3, -0.25) is 9.59 Å². The average Bonchev–Trinajstić information content (AvgIpc) is 2.66. The summed E-state index contributed by atoms with van der Waals surface area (Å²) >= 11 is 6.35. The fourth-order valence-corrected chi connectivity index (χ4v) is 2.90. The van der Waals surface area contributed by atoms with Crippen LogP contribution in [0.1, 0.15) is 31.7 Å². The van der Waals surface area contributed by atoms with Crippen LogP contribution < -0.4 is 14.4 Å². The smallest absolute Gasteiger partial charge is 0.305 e. The van der Waals surface area contributed by atoms with Gasteiger partial charge >= 0.3 is 5.97 Å². The predicted molar refractivity (Wildman–Crippen MR) is 97.2 cm³/mol. The SMILES string of the molecule is CC[C@H](Oc1cc2c(cc1Cl)N(CCC(=O)O)C(=O)CO2)c1ncccn1. The van der Waals surface area contributed by atoms with Gasteiger partial charge < -0.3 is 19.5 Å². The maximum absolute atomic E-state index is 12.1. The number of fused-ring (bicyclic) bond motifs is 1. The van der Waals surface area contributed by atoms with E-state index in [0.717, 1.165) is 0 Å². The molecule has 0 aliphatic carbocycles. The van der Waals surface area contributed by atoms with Crippen LogP contribution in [0.4, 0.5) is 5.69 Å². The van der Waals surface area contributed by atoms with Gasteiger partial charge in [-0.15, -0.1) is 0 Å². The maximum atomic E-state index is 12.1. The zero-order valence-electron chi connectivity index (χ0n) is 14.6. The van der Waals surface area contributed by atoms with Crippen LogP contribution in [0.5, 0.6) is 11.5 Å². The Morgan fingerprint density at radius 2 is 2.15 bits per heavy atom. The summed E-state index contributed by atoms with van der Waals surface area (Å²) in [6.07, 6.45) is 3.33. The molecular weight excluding hydrogens is 374 g/mol. The second kappa shape index (κ2) is 8.22. The lowest BCUT2D eigenvalue weighted by molar-refractivity contribution is -0.136. The minimum absolute atomic E-state index is 0.0382. The Bertz CT molecular complexity index is 846. The normalized spacial score (nSPS) is 14.3. The molecule has 9 heteroatoms. The van der Waals surface area contributed by atoms with Gasteiger partial charge in [0.1, 0.15) is 11.5 Å². The number of carbonyl (C=O) groups is 2. The summed E-state index contributed by atoms with van der Waals surface area (Å²) in [5, 5.41) is 9.16. The first-order valence-corrected chi connectivity index (χ1v) is 8.79. The molecule has 0 bridgehead atoms. The molecule has 1 aliphatic heterocycles. The Morgan fingerprint density at radius 3 is 2.81 bits per heavy atom. The molecule has 142 valence electrons. The number of benzene rings is 1. The molecule has 1 amide bonds. The molecule has 0 radical (unpaired) electrons. The topological polar surface area (TPSA) is 102 Å². The highest BCUT2D eigenvalue weighted by Gasteiger charge is 2.28. The summed E-state index contributed by atoms with van der Waals surface area (Å²) in [6, 6.07) is 4.87. The van der Waals surface area contributed by atoms with E-state index in [0.29, 0.717) is 29.4 Å². The number of anilines is 1. The van der Waals surface area contributed by atoms with Gasteiger partial charge in [0.2, 0.25) is 0 Å². The van der Waals surface area contributed by atoms with Crippen molar-refractivity contribution in [3.8, 4) is 11.5 Å². The number of rotatable bonds is 7. The van der Waals surface area contributed by atoms with Crippen LogP contribution in [0.3, 0.4) is 0 Å². The second-order valence-corrected chi connectivity index (χ2v) is 6.26. The lowest BCUT2D eigenvalue weighted by atomic mass is 10.2. The molecule has 8 nitrogen and oxygen atoms in total. The summed E-state index contributed by atoms with van der Waals surface area (Å²) in [4.78, 5) is 32.7. The molecule has 0 saturated carbocycles. The number of hydrogen-bond donors (Lipinski definition) is 1. The van der Waals surface area contributed by atoms with E-state index in [-0.39, 0.29) is 30.5 Å². The second-order valence-electron chi connectivity index (χ2n) is 5.85. The minimum Gasteiger partial charge on any atom is -0.481 e.